The maximum Gasteiger partial charge on any atom is 0.315 e. The number of ketones is 3. The summed E-state index contributed by atoms with van der Waals surface area (Å²) in [5, 5.41) is 26.7. The molecular formula is C105H153N15O18. The number of carbonyl (C=O) groups excluding carboxylic acids is 15. The van der Waals surface area contributed by atoms with Gasteiger partial charge in [0.1, 0.15) is 36.3 Å². The molecule has 15 amide bonds. The molecule has 3 aromatic rings. The number of likely N-dealkylation sites (tertiary alicyclic amines) is 3. The Morgan fingerprint density at radius 3 is 1.04 bits per heavy atom. The summed E-state index contributed by atoms with van der Waals surface area (Å²) in [5.41, 5.74) is 19.4. The van der Waals surface area contributed by atoms with Gasteiger partial charge in [0.25, 0.3) is 17.7 Å². The van der Waals surface area contributed by atoms with E-state index in [0.717, 1.165) is 105 Å². The minimum absolute atomic E-state index is 0.0987. The van der Waals surface area contributed by atoms with Crippen LogP contribution in [0.3, 0.4) is 0 Å². The second-order valence-corrected chi connectivity index (χ2v) is 47.0. The van der Waals surface area contributed by atoms with Gasteiger partial charge in [0, 0.05) is 33.9 Å². The zero-order valence-corrected chi connectivity index (χ0v) is 84.0. The normalized spacial score (nSPS) is 25.4. The van der Waals surface area contributed by atoms with Gasteiger partial charge in [-0.25, -0.2) is 14.4 Å². The lowest BCUT2D eigenvalue weighted by Crippen LogP contribution is -2.63. The predicted octanol–water partition coefficient (Wildman–Crippen LogP) is 7.74. The highest BCUT2D eigenvalue weighted by molar-refractivity contribution is 6.39. The van der Waals surface area contributed by atoms with Crippen LogP contribution in [0.15, 0.2) is 78.9 Å². The van der Waals surface area contributed by atoms with E-state index in [1.54, 1.807) is 28.9 Å². The maximum absolute atomic E-state index is 14.6. The molecule has 0 radical (unpaired) electrons. The standard InChI is InChI=1S/C36H53N5O6.C35H51N5O6.C34H49N5O6/c1-34(2,3)29(39-33(46)40-36(16-10-7-11-17-36)21-47-20-23-12-8-6-9-13-23)32(45)41-19-24-26(35(24,4)5)27(41)31(44)38-25(18-22-14-15-22)28(42)30(37)43;1-34(2,3)25(18-46-6)38-33(45)39-27(22-15-20-12-7-8-13-21(20)16-22)32(44)40-17-23-26(35(23,4)5)28(40)31(43)37-24(29(41)30(36)42)14-19-10-9-11-19;1-33(2,3)24(17-45-6)37-32(44)38-26(21-14-19-9-7-8-10-20(19)15-21)31(43)39-16-22-25(34(22,4)5)27(39)30(42)36-23(13-18-11-12-18)28(40)29(35)41/h6,8-9,12-13,22,24-27,29H,7,10-11,14-21H2,1-5H3,(H2,37,43)(H,38,44)(H2,39,40,46);7-8,12-13,19,22-28H,9-11,14-18H2,1-6H3,(H2,36,42)(H,37,43)(H2,38,39,45);7-10,18,21-27H,11-17H2,1-6H3,(H2,35,41)(H,36,42)(H2,37,38,44)/t24?,25?,26?,27-,29+;23?,24?,25-,26?,27+,28+;22?,23?,24?,25?,26-,27-/m010/s1. The second kappa shape index (κ2) is 42.2. The molecule has 7 saturated carbocycles. The molecule has 9 aliphatic carbocycles. The number of ether oxygens (including phenoxy) is 3. The van der Waals surface area contributed by atoms with Crippen LogP contribution in [0.5, 0.6) is 0 Å². The lowest BCUT2D eigenvalue weighted by Gasteiger charge is -2.40. The number of nitrogens with one attached hydrogen (secondary N) is 9. The van der Waals surface area contributed by atoms with Gasteiger partial charge in [0.15, 0.2) is 0 Å². The van der Waals surface area contributed by atoms with Gasteiger partial charge in [-0.3, -0.25) is 57.5 Å². The minimum Gasteiger partial charge on any atom is -0.383 e. The predicted molar refractivity (Wildman–Crippen MR) is 516 cm³/mol. The molecule has 12 aliphatic rings. The molecule has 10 fully saturated rings. The van der Waals surface area contributed by atoms with Crippen LogP contribution in [0.25, 0.3) is 0 Å². The van der Waals surface area contributed by atoms with Crippen molar-refractivity contribution in [2.45, 2.75) is 304 Å². The van der Waals surface area contributed by atoms with Gasteiger partial charge < -0.3 is 94.0 Å². The number of hydrogen-bond acceptors (Lipinski definition) is 18. The van der Waals surface area contributed by atoms with Crippen LogP contribution in [-0.4, -0.2) is 229 Å². The molecule has 17 atom stereocenters. The summed E-state index contributed by atoms with van der Waals surface area (Å²) >= 11 is 0. The number of piperidine rings is 3. The van der Waals surface area contributed by atoms with Gasteiger partial charge in [-0.2, -0.15) is 0 Å². The van der Waals surface area contributed by atoms with Crippen molar-refractivity contribution in [3.63, 3.8) is 0 Å². The minimum atomic E-state index is -1.08. The first kappa shape index (κ1) is 105. The van der Waals surface area contributed by atoms with Gasteiger partial charge in [-0.05, 0) is 183 Å². The molecule has 138 heavy (non-hydrogen) atoms. The molecule has 0 spiro atoms. The number of methoxy groups -OCH3 is 2. The number of rotatable bonds is 37. The highest BCUT2D eigenvalue weighted by Gasteiger charge is 2.73. The Labute approximate surface area is 812 Å². The number of carbonyl (C=O) groups is 15. The Kier molecular flexibility index (Phi) is 32.1. The fourth-order valence-corrected chi connectivity index (χ4v) is 23.4. The fourth-order valence-electron chi connectivity index (χ4n) is 23.4. The monoisotopic (exact) mass is 1910 g/mol. The van der Waals surface area contributed by atoms with Crippen molar-refractivity contribution in [2.75, 3.05) is 53.7 Å². The van der Waals surface area contributed by atoms with E-state index in [4.69, 9.17) is 31.4 Å². The van der Waals surface area contributed by atoms with Gasteiger partial charge in [0.05, 0.1) is 62.2 Å². The summed E-state index contributed by atoms with van der Waals surface area (Å²) in [6.07, 6.45) is 14.8. The third kappa shape index (κ3) is 24.2. The zero-order valence-electron chi connectivity index (χ0n) is 84.0. The Hall–Kier alpha value is -10.4. The van der Waals surface area contributed by atoms with Gasteiger partial charge in [0.2, 0.25) is 52.8 Å². The Balaban J connectivity index is 0.000000175. The first-order valence-corrected chi connectivity index (χ1v) is 50.2. The molecule has 3 aromatic carbocycles. The van der Waals surface area contributed by atoms with Crippen molar-refractivity contribution in [3.8, 4) is 0 Å². The number of nitrogens with zero attached hydrogens (tertiary/aromatic N) is 3. The summed E-state index contributed by atoms with van der Waals surface area (Å²) < 4.78 is 16.8. The average molecular weight is 1910 g/mol. The topological polar surface area (TPSA) is 480 Å². The third-order valence-electron chi connectivity index (χ3n) is 32.9. The molecule has 0 bridgehead atoms. The highest BCUT2D eigenvalue weighted by atomic mass is 16.5. The summed E-state index contributed by atoms with van der Waals surface area (Å²) in [6.45, 7) is 32.8. The van der Waals surface area contributed by atoms with E-state index in [1.165, 1.54) is 0 Å². The van der Waals surface area contributed by atoms with E-state index in [-0.39, 0.29) is 122 Å². The smallest absolute Gasteiger partial charge is 0.315 e. The van der Waals surface area contributed by atoms with Crippen molar-refractivity contribution >= 4 is 88.6 Å². The van der Waals surface area contributed by atoms with Crippen LogP contribution >= 0.6 is 0 Å². The number of fused-ring (bicyclic) bond motifs is 5. The average Bonchev–Trinajstić information content (AvgIpc) is 1.53. The quantitative estimate of drug-likeness (QED) is 0.0245. The summed E-state index contributed by atoms with van der Waals surface area (Å²) in [6, 6.07) is 15.8. The Morgan fingerprint density at radius 1 is 0.399 bits per heavy atom. The fraction of sp³-hybridized carbons (Fsp3) is 0.686. The van der Waals surface area contributed by atoms with Crippen LogP contribution in [0.1, 0.15) is 228 Å². The number of nitrogens with two attached hydrogens (primary N) is 3. The van der Waals surface area contributed by atoms with E-state index in [2.05, 4.69) is 89.4 Å². The van der Waals surface area contributed by atoms with Crippen LogP contribution in [0.4, 0.5) is 14.4 Å². The van der Waals surface area contributed by atoms with Crippen LogP contribution < -0.4 is 65.1 Å². The molecule has 3 heterocycles. The second-order valence-electron chi connectivity index (χ2n) is 47.0. The zero-order chi connectivity index (χ0) is 101. The lowest BCUT2D eigenvalue weighted by atomic mass is 9.80. The van der Waals surface area contributed by atoms with Crippen molar-refractivity contribution in [2.24, 2.45) is 115 Å². The Morgan fingerprint density at radius 2 is 0.732 bits per heavy atom. The van der Waals surface area contributed by atoms with Crippen LogP contribution in [0.2, 0.25) is 0 Å². The summed E-state index contributed by atoms with van der Waals surface area (Å²) in [5.74, 6) is -7.64. The SMILES string of the molecule is CC1(C)C2CN(C(=O)[C@@H](NC(=O)NC3(COCc4ccccc4)CCCCC3)C(C)(C)C)[C@H](C(=O)NC(CC3CC3)C(=O)C(N)=O)C21.COCC(NC(=O)N[C@H](C(=O)N1CC2C([C@H]1C(=O)NC(CC1CC1)C(=O)C(N)=O)C2(C)C)C1Cc2ccccc2C1)C(C)(C)C.COC[C@@H](NC(=O)N[C@H](C(=O)N1CC2C([C@H]1C(=O)NC(CC1CCC1)C(=O)C(N)=O)C2(C)C)C1Cc2ccccc2C1)C(C)(C)C. The lowest BCUT2D eigenvalue weighted by molar-refractivity contribution is -0.145. The van der Waals surface area contributed by atoms with Gasteiger partial charge in [-0.15, -0.1) is 0 Å². The first-order valence-electron chi connectivity index (χ1n) is 50.2. The van der Waals surface area contributed by atoms with Crippen molar-refractivity contribution in [1.82, 2.24) is 62.6 Å². The van der Waals surface area contributed by atoms with Gasteiger partial charge >= 0.3 is 18.1 Å². The molecule has 3 saturated heterocycles. The van der Waals surface area contributed by atoms with Crippen molar-refractivity contribution in [1.29, 1.82) is 0 Å². The molecular weight excluding hydrogens is 1760 g/mol. The molecule has 33 nitrogen and oxygen atoms in total. The molecule has 10 unspecified atom stereocenters. The number of urea groups is 3. The maximum atomic E-state index is 14.6. The third-order valence-corrected chi connectivity index (χ3v) is 32.9. The highest BCUT2D eigenvalue weighted by Crippen LogP contribution is 2.67. The largest absolute Gasteiger partial charge is 0.383 e. The molecule has 33 heteroatoms. The molecule has 15 rings (SSSR count). The summed E-state index contributed by atoms with van der Waals surface area (Å²) in [4.78, 5) is 205. The van der Waals surface area contributed by atoms with Crippen LogP contribution in [0, 0.1) is 97.6 Å². The van der Waals surface area contributed by atoms with Crippen molar-refractivity contribution in [3.05, 3.63) is 107 Å². The first-order chi connectivity index (χ1) is 64.9. The number of hydrogen-bond donors (Lipinski definition) is 12. The molecule has 756 valence electrons. The van der Waals surface area contributed by atoms with E-state index in [9.17, 15) is 71.9 Å². The molecule has 0 aromatic heterocycles. The van der Waals surface area contributed by atoms with E-state index < -0.39 is 136 Å². The van der Waals surface area contributed by atoms with Crippen molar-refractivity contribution < 1.29 is 86.1 Å². The molecule has 15 N–H and O–H groups in total. The van der Waals surface area contributed by atoms with Gasteiger partial charge in [-0.1, -0.05) is 247 Å². The number of amides is 15. The Bertz CT molecular complexity index is 4990. The molecule has 3 aliphatic heterocycles. The number of primary amides is 3. The van der Waals surface area contributed by atoms with Crippen LogP contribution in [-0.2, 0) is 104 Å². The van der Waals surface area contributed by atoms with E-state index >= 15 is 0 Å². The number of benzene rings is 3. The summed E-state index contributed by atoms with van der Waals surface area (Å²) in [7, 11) is 3.16. The van der Waals surface area contributed by atoms with E-state index in [1.807, 2.05) is 141 Å². The van der Waals surface area contributed by atoms with E-state index in [0.29, 0.717) is 91.0 Å². The number of Topliss-reactive ketones (excluding diaryl/α,β-unsaturated/α-hetero) is 3.